The Balaban J connectivity index is 2.14. The topological polar surface area (TPSA) is 52.6 Å². The van der Waals surface area contributed by atoms with E-state index in [1.807, 2.05) is 32.9 Å². The molecule has 0 saturated carbocycles. The molecule has 0 aliphatic heterocycles. The van der Waals surface area contributed by atoms with Gasteiger partial charge in [0.05, 0.1) is 11.1 Å². The van der Waals surface area contributed by atoms with Gasteiger partial charge in [-0.3, -0.25) is 0 Å². The third kappa shape index (κ3) is 5.45. The number of rotatable bonds is 8. The van der Waals surface area contributed by atoms with Crippen LogP contribution in [0.4, 0.5) is 0 Å². The van der Waals surface area contributed by atoms with Crippen LogP contribution < -0.4 is 0 Å². The van der Waals surface area contributed by atoms with E-state index >= 15 is 0 Å². The minimum absolute atomic E-state index is 0.0165. The molecular formula is C22H26O4. The van der Waals surface area contributed by atoms with Crippen LogP contribution in [0.25, 0.3) is 0 Å². The summed E-state index contributed by atoms with van der Waals surface area (Å²) < 4.78 is 11.5. The largest absolute Gasteiger partial charge is 0.455 e. The molecule has 0 aliphatic rings. The smallest absolute Gasteiger partial charge is 0.338 e. The van der Waals surface area contributed by atoms with Crippen LogP contribution in [-0.4, -0.2) is 24.1 Å². The number of carbonyl (C=O) groups is 2. The summed E-state index contributed by atoms with van der Waals surface area (Å²) in [6.07, 6.45) is 0.457. The minimum Gasteiger partial charge on any atom is -0.455 e. The van der Waals surface area contributed by atoms with Crippen molar-refractivity contribution in [3.63, 3.8) is 0 Å². The highest BCUT2D eigenvalue weighted by atomic mass is 16.6. The highest BCUT2D eigenvalue weighted by Gasteiger charge is 2.31. The molecule has 0 fully saturated rings. The lowest BCUT2D eigenvalue weighted by molar-refractivity contribution is -0.0539. The molecule has 4 heteroatoms. The first-order valence-electron chi connectivity index (χ1n) is 9.05. The maximum Gasteiger partial charge on any atom is 0.338 e. The molecule has 0 bridgehead atoms. The summed E-state index contributed by atoms with van der Waals surface area (Å²) in [5.41, 5.74) is 0.980. The molecule has 0 spiro atoms. The number of esters is 2. The van der Waals surface area contributed by atoms with Crippen molar-refractivity contribution in [3.8, 4) is 0 Å². The van der Waals surface area contributed by atoms with E-state index in [4.69, 9.17) is 9.47 Å². The fourth-order valence-electron chi connectivity index (χ4n) is 2.76. The monoisotopic (exact) mass is 354 g/mol. The maximum atomic E-state index is 12.5. The van der Waals surface area contributed by atoms with E-state index in [-0.39, 0.29) is 5.92 Å². The van der Waals surface area contributed by atoms with Crippen LogP contribution >= 0.6 is 0 Å². The molecule has 0 saturated heterocycles. The van der Waals surface area contributed by atoms with Gasteiger partial charge >= 0.3 is 11.9 Å². The molecule has 138 valence electrons. The molecule has 26 heavy (non-hydrogen) atoms. The second-order valence-electron chi connectivity index (χ2n) is 6.58. The predicted octanol–water partition coefficient (Wildman–Crippen LogP) is 4.89. The average Bonchev–Trinajstić information content (AvgIpc) is 2.66. The summed E-state index contributed by atoms with van der Waals surface area (Å²) in [7, 11) is 0. The molecule has 0 radical (unpaired) electrons. The maximum absolute atomic E-state index is 12.5. The zero-order chi connectivity index (χ0) is 18.9. The predicted molar refractivity (Wildman–Crippen MR) is 101 cm³/mol. The van der Waals surface area contributed by atoms with Crippen molar-refractivity contribution in [2.45, 2.75) is 45.8 Å². The van der Waals surface area contributed by atoms with Gasteiger partial charge in [0.25, 0.3) is 0 Å². The Hall–Kier alpha value is -2.62. The lowest BCUT2D eigenvalue weighted by Gasteiger charge is -2.29. The third-order valence-corrected chi connectivity index (χ3v) is 4.12. The van der Waals surface area contributed by atoms with Gasteiger partial charge in [-0.2, -0.15) is 0 Å². The van der Waals surface area contributed by atoms with Crippen LogP contribution in [-0.2, 0) is 9.47 Å². The molecule has 0 amide bonds. The lowest BCUT2D eigenvalue weighted by atomic mass is 9.98. The normalized spacial score (nSPS) is 13.1. The fourth-order valence-corrected chi connectivity index (χ4v) is 2.76. The Morgan fingerprint density at radius 3 is 1.69 bits per heavy atom. The Morgan fingerprint density at radius 1 is 0.808 bits per heavy atom. The number of benzene rings is 2. The summed E-state index contributed by atoms with van der Waals surface area (Å²) in [6, 6.07) is 17.7. The quantitative estimate of drug-likeness (QED) is 0.633. The molecule has 2 rings (SSSR count). The number of hydrogen-bond acceptors (Lipinski definition) is 4. The first-order valence-corrected chi connectivity index (χ1v) is 9.05. The van der Waals surface area contributed by atoms with Gasteiger partial charge in [-0.15, -0.1) is 0 Å². The molecule has 0 aromatic heterocycles. The average molecular weight is 354 g/mol. The molecular weight excluding hydrogens is 328 g/mol. The Morgan fingerprint density at radius 2 is 1.27 bits per heavy atom. The molecule has 2 atom stereocenters. The van der Waals surface area contributed by atoms with E-state index in [1.54, 1.807) is 48.5 Å². The molecule has 2 unspecified atom stereocenters. The van der Waals surface area contributed by atoms with Crippen molar-refractivity contribution in [2.75, 3.05) is 0 Å². The van der Waals surface area contributed by atoms with E-state index in [2.05, 4.69) is 0 Å². The van der Waals surface area contributed by atoms with Crippen molar-refractivity contribution in [2.24, 2.45) is 5.92 Å². The summed E-state index contributed by atoms with van der Waals surface area (Å²) in [5, 5.41) is 0. The van der Waals surface area contributed by atoms with Crippen LogP contribution in [0, 0.1) is 5.92 Å². The van der Waals surface area contributed by atoms with Gasteiger partial charge in [-0.25, -0.2) is 9.59 Å². The van der Waals surface area contributed by atoms with E-state index < -0.39 is 24.1 Å². The third-order valence-electron chi connectivity index (χ3n) is 4.12. The number of ether oxygens (including phenoxy) is 2. The summed E-state index contributed by atoms with van der Waals surface area (Å²) in [4.78, 5) is 24.9. The van der Waals surface area contributed by atoms with Gasteiger partial charge in [0.1, 0.15) is 12.2 Å². The summed E-state index contributed by atoms with van der Waals surface area (Å²) in [5.74, 6) is -0.783. The zero-order valence-corrected chi connectivity index (χ0v) is 15.6. The number of carbonyl (C=O) groups excluding carboxylic acids is 2. The van der Waals surface area contributed by atoms with Crippen molar-refractivity contribution in [1.29, 1.82) is 0 Å². The molecule has 2 aromatic rings. The second kappa shape index (κ2) is 9.76. The van der Waals surface area contributed by atoms with Crippen LogP contribution in [0.1, 0.15) is 54.3 Å². The summed E-state index contributed by atoms with van der Waals surface area (Å²) in [6.45, 7) is 5.93. The van der Waals surface area contributed by atoms with Crippen molar-refractivity contribution in [3.05, 3.63) is 71.8 Å². The van der Waals surface area contributed by atoms with Gasteiger partial charge in [0, 0.05) is 0 Å². The molecule has 2 aromatic carbocycles. The SMILES string of the molecule is CCCC(OC(=O)c1ccccc1)C(OC(=O)c1ccccc1)C(C)C. The van der Waals surface area contributed by atoms with Gasteiger partial charge in [0.2, 0.25) is 0 Å². The lowest BCUT2D eigenvalue weighted by Crippen LogP contribution is -2.39. The fraction of sp³-hybridized carbons (Fsp3) is 0.364. The first kappa shape index (κ1) is 19.7. The van der Waals surface area contributed by atoms with Crippen LogP contribution in [0.15, 0.2) is 60.7 Å². The van der Waals surface area contributed by atoms with Crippen molar-refractivity contribution >= 4 is 11.9 Å². The Kier molecular flexibility index (Phi) is 7.39. The van der Waals surface area contributed by atoms with E-state index in [9.17, 15) is 9.59 Å². The van der Waals surface area contributed by atoms with E-state index in [0.717, 1.165) is 6.42 Å². The number of hydrogen-bond donors (Lipinski definition) is 0. The Labute approximate surface area is 155 Å². The highest BCUT2D eigenvalue weighted by Crippen LogP contribution is 2.21. The van der Waals surface area contributed by atoms with Gasteiger partial charge in [-0.1, -0.05) is 63.6 Å². The van der Waals surface area contributed by atoms with Crippen LogP contribution in [0.5, 0.6) is 0 Å². The molecule has 0 N–H and O–H groups in total. The van der Waals surface area contributed by atoms with Crippen LogP contribution in [0.3, 0.4) is 0 Å². The standard InChI is InChI=1S/C22H26O4/c1-4-11-19(25-21(23)17-12-7-5-8-13-17)20(16(2)3)26-22(24)18-14-9-6-10-15-18/h5-10,12-16,19-20H,4,11H2,1-3H3. The minimum atomic E-state index is -0.504. The van der Waals surface area contributed by atoms with Gasteiger partial charge < -0.3 is 9.47 Å². The molecule has 0 aliphatic carbocycles. The van der Waals surface area contributed by atoms with E-state index in [1.165, 1.54) is 0 Å². The highest BCUT2D eigenvalue weighted by molar-refractivity contribution is 5.90. The molecule has 0 heterocycles. The summed E-state index contributed by atoms with van der Waals surface area (Å²) >= 11 is 0. The Bertz CT molecular complexity index is 695. The van der Waals surface area contributed by atoms with Gasteiger partial charge in [-0.05, 0) is 36.6 Å². The zero-order valence-electron chi connectivity index (χ0n) is 15.6. The van der Waals surface area contributed by atoms with Crippen molar-refractivity contribution in [1.82, 2.24) is 0 Å². The second-order valence-corrected chi connectivity index (χ2v) is 6.58. The molecule has 4 nitrogen and oxygen atoms in total. The van der Waals surface area contributed by atoms with E-state index in [0.29, 0.717) is 17.5 Å². The van der Waals surface area contributed by atoms with Gasteiger partial charge in [0.15, 0.2) is 0 Å². The van der Waals surface area contributed by atoms with Crippen molar-refractivity contribution < 1.29 is 19.1 Å². The first-order chi connectivity index (χ1) is 12.5. The van der Waals surface area contributed by atoms with Crippen LogP contribution in [0.2, 0.25) is 0 Å².